The van der Waals surface area contributed by atoms with Crippen molar-refractivity contribution in [3.05, 3.63) is 30.3 Å². The van der Waals surface area contributed by atoms with Crippen LogP contribution in [0.3, 0.4) is 0 Å². The van der Waals surface area contributed by atoms with E-state index in [1.807, 2.05) is 0 Å². The summed E-state index contributed by atoms with van der Waals surface area (Å²) in [6, 6.07) is 8.16. The normalized spacial score (nSPS) is 19.0. The van der Waals surface area contributed by atoms with Gasteiger partial charge in [0.15, 0.2) is 0 Å². The fourth-order valence-corrected chi connectivity index (χ4v) is 4.70. The molecule has 0 atom stereocenters. The molecule has 0 unspecified atom stereocenters. The summed E-state index contributed by atoms with van der Waals surface area (Å²) in [5.74, 6) is 0. The minimum Gasteiger partial charge on any atom is -0.213 e. The second-order valence-electron chi connectivity index (χ2n) is 5.23. The molecule has 6 nitrogen and oxygen atoms in total. The van der Waals surface area contributed by atoms with E-state index in [2.05, 4.69) is 0 Å². The molecule has 21 heavy (non-hydrogen) atoms. The highest BCUT2D eigenvalue weighted by Gasteiger charge is 2.32. The van der Waals surface area contributed by atoms with Crippen LogP contribution in [0.2, 0.25) is 0 Å². The van der Waals surface area contributed by atoms with Gasteiger partial charge in [0.1, 0.15) is 0 Å². The van der Waals surface area contributed by atoms with Crippen LogP contribution in [0.15, 0.2) is 35.2 Å². The zero-order chi connectivity index (χ0) is 15.7. The maximum atomic E-state index is 12.5. The van der Waals surface area contributed by atoms with Crippen LogP contribution in [0.1, 0.15) is 12.8 Å². The van der Waals surface area contributed by atoms with Gasteiger partial charge in [-0.3, -0.25) is 0 Å². The molecule has 0 saturated carbocycles. The number of piperidine rings is 1. The minimum absolute atomic E-state index is 0.137. The van der Waals surface area contributed by atoms with Crippen LogP contribution >= 0.6 is 0 Å². The van der Waals surface area contributed by atoms with Crippen LogP contribution in [0, 0.1) is 0 Å². The molecular formula is C13H20N2O4S2. The number of rotatable bonds is 4. The van der Waals surface area contributed by atoms with Gasteiger partial charge in [-0.1, -0.05) is 18.2 Å². The van der Waals surface area contributed by atoms with E-state index in [0.29, 0.717) is 25.9 Å². The first kappa shape index (κ1) is 16.4. The van der Waals surface area contributed by atoms with E-state index in [4.69, 9.17) is 0 Å². The largest absolute Gasteiger partial charge is 0.243 e. The summed E-state index contributed by atoms with van der Waals surface area (Å²) in [7, 11) is -5.18. The highest BCUT2D eigenvalue weighted by atomic mass is 32.2. The average molecular weight is 332 g/mol. The van der Waals surface area contributed by atoms with Crippen molar-refractivity contribution in [2.75, 3.05) is 26.4 Å². The molecule has 2 rings (SSSR count). The fourth-order valence-electron chi connectivity index (χ4n) is 2.46. The van der Waals surface area contributed by atoms with E-state index in [1.54, 1.807) is 37.4 Å². The average Bonchev–Trinajstić information content (AvgIpc) is 2.46. The van der Waals surface area contributed by atoms with Gasteiger partial charge < -0.3 is 0 Å². The fraction of sp³-hybridized carbons (Fsp3) is 0.538. The summed E-state index contributed by atoms with van der Waals surface area (Å²) in [5, 5.41) is 0. The summed E-state index contributed by atoms with van der Waals surface area (Å²) in [4.78, 5) is 0.278. The molecule has 0 spiro atoms. The molecule has 1 aliphatic heterocycles. The molecule has 1 aromatic carbocycles. The van der Waals surface area contributed by atoms with Crippen LogP contribution in [-0.4, -0.2) is 57.9 Å². The number of hydrogen-bond acceptors (Lipinski definition) is 4. The maximum absolute atomic E-state index is 12.5. The Morgan fingerprint density at radius 1 is 1.05 bits per heavy atom. The van der Waals surface area contributed by atoms with Gasteiger partial charge in [0.2, 0.25) is 20.0 Å². The Kier molecular flexibility index (Phi) is 4.72. The van der Waals surface area contributed by atoms with Gasteiger partial charge in [0.25, 0.3) is 0 Å². The monoisotopic (exact) mass is 332 g/mol. The van der Waals surface area contributed by atoms with Gasteiger partial charge in [0.05, 0.1) is 11.2 Å². The van der Waals surface area contributed by atoms with Crippen molar-refractivity contribution in [1.82, 2.24) is 8.61 Å². The van der Waals surface area contributed by atoms with Crippen LogP contribution < -0.4 is 0 Å². The number of hydrogen-bond donors (Lipinski definition) is 0. The highest BCUT2D eigenvalue weighted by molar-refractivity contribution is 7.89. The molecule has 1 heterocycles. The molecule has 8 heteroatoms. The topological polar surface area (TPSA) is 74.8 Å². The SMILES string of the molecule is CN(C1CCN(S(=O)(=O)c2ccccc2)CC1)S(C)(=O)=O. The molecule has 0 N–H and O–H groups in total. The lowest BCUT2D eigenvalue weighted by molar-refractivity contribution is 0.239. The predicted molar refractivity (Wildman–Crippen MR) is 80.8 cm³/mol. The molecule has 1 fully saturated rings. The zero-order valence-electron chi connectivity index (χ0n) is 12.1. The summed E-state index contributed by atoms with van der Waals surface area (Å²) >= 11 is 0. The summed E-state index contributed by atoms with van der Waals surface area (Å²) in [6.07, 6.45) is 2.19. The first-order chi connectivity index (χ1) is 9.73. The summed E-state index contributed by atoms with van der Waals surface area (Å²) in [5.41, 5.74) is 0. The first-order valence-corrected chi connectivity index (χ1v) is 10.00. The van der Waals surface area contributed by atoms with Crippen molar-refractivity contribution in [3.8, 4) is 0 Å². The third kappa shape index (κ3) is 3.63. The molecule has 1 aromatic rings. The third-order valence-electron chi connectivity index (χ3n) is 3.84. The first-order valence-electron chi connectivity index (χ1n) is 6.71. The Hall–Kier alpha value is -0.960. The predicted octanol–water partition coefficient (Wildman–Crippen LogP) is 0.731. The Morgan fingerprint density at radius 2 is 1.57 bits per heavy atom. The Balaban J connectivity index is 2.08. The van der Waals surface area contributed by atoms with Crippen LogP contribution in [-0.2, 0) is 20.0 Å². The smallest absolute Gasteiger partial charge is 0.213 e. The van der Waals surface area contributed by atoms with E-state index >= 15 is 0 Å². The molecule has 0 bridgehead atoms. The lowest BCUT2D eigenvalue weighted by Crippen LogP contribution is -2.46. The summed E-state index contributed by atoms with van der Waals surface area (Å²) < 4.78 is 50.7. The number of sulfonamides is 2. The Bertz CT molecular complexity index is 678. The van der Waals surface area contributed by atoms with Gasteiger partial charge in [0, 0.05) is 26.2 Å². The molecule has 118 valence electrons. The van der Waals surface area contributed by atoms with Gasteiger partial charge in [-0.25, -0.2) is 21.1 Å². The minimum atomic E-state index is -3.48. The molecule has 1 aliphatic rings. The lowest BCUT2D eigenvalue weighted by atomic mass is 10.1. The lowest BCUT2D eigenvalue weighted by Gasteiger charge is -2.34. The van der Waals surface area contributed by atoms with E-state index in [-0.39, 0.29) is 10.9 Å². The van der Waals surface area contributed by atoms with Crippen LogP contribution in [0.5, 0.6) is 0 Å². The maximum Gasteiger partial charge on any atom is 0.243 e. The van der Waals surface area contributed by atoms with Crippen molar-refractivity contribution in [2.24, 2.45) is 0 Å². The van der Waals surface area contributed by atoms with Gasteiger partial charge >= 0.3 is 0 Å². The van der Waals surface area contributed by atoms with Crippen molar-refractivity contribution < 1.29 is 16.8 Å². The second kappa shape index (κ2) is 6.04. The quantitative estimate of drug-likeness (QED) is 0.815. The molecule has 0 aromatic heterocycles. The van der Waals surface area contributed by atoms with Gasteiger partial charge in [-0.05, 0) is 25.0 Å². The van der Waals surface area contributed by atoms with Crippen molar-refractivity contribution in [3.63, 3.8) is 0 Å². The Labute approximate surface area is 126 Å². The molecule has 1 saturated heterocycles. The van der Waals surface area contributed by atoms with Crippen LogP contribution in [0.4, 0.5) is 0 Å². The van der Waals surface area contributed by atoms with E-state index in [0.717, 1.165) is 0 Å². The van der Waals surface area contributed by atoms with Crippen molar-refractivity contribution in [2.45, 2.75) is 23.8 Å². The number of benzene rings is 1. The second-order valence-corrected chi connectivity index (χ2v) is 9.21. The Morgan fingerprint density at radius 3 is 2.05 bits per heavy atom. The van der Waals surface area contributed by atoms with Crippen molar-refractivity contribution >= 4 is 20.0 Å². The van der Waals surface area contributed by atoms with Gasteiger partial charge in [-0.2, -0.15) is 4.31 Å². The molecular weight excluding hydrogens is 312 g/mol. The molecule has 0 aliphatic carbocycles. The molecule has 0 amide bonds. The zero-order valence-corrected chi connectivity index (χ0v) is 13.8. The van der Waals surface area contributed by atoms with Crippen LogP contribution in [0.25, 0.3) is 0 Å². The van der Waals surface area contributed by atoms with Gasteiger partial charge in [-0.15, -0.1) is 0 Å². The van der Waals surface area contributed by atoms with Crippen molar-refractivity contribution in [1.29, 1.82) is 0 Å². The highest BCUT2D eigenvalue weighted by Crippen LogP contribution is 2.23. The van der Waals surface area contributed by atoms with E-state index < -0.39 is 20.0 Å². The van der Waals surface area contributed by atoms with E-state index in [1.165, 1.54) is 14.9 Å². The van der Waals surface area contributed by atoms with E-state index in [9.17, 15) is 16.8 Å². The summed E-state index contributed by atoms with van der Waals surface area (Å²) in [6.45, 7) is 0.670. The molecule has 0 radical (unpaired) electrons. The standard InChI is InChI=1S/C13H20N2O4S2/c1-14(20(2,16)17)12-8-10-15(11-9-12)21(18,19)13-6-4-3-5-7-13/h3-7,12H,8-11H2,1-2H3. The third-order valence-corrected chi connectivity index (χ3v) is 7.10. The number of nitrogens with zero attached hydrogens (tertiary/aromatic N) is 2.